The molecule has 0 radical (unpaired) electrons. The van der Waals surface area contributed by atoms with Gasteiger partial charge in [0.1, 0.15) is 0 Å². The Morgan fingerprint density at radius 3 is 2.70 bits per heavy atom. The largest absolute Gasteiger partial charge is 0.504 e. The van der Waals surface area contributed by atoms with Gasteiger partial charge in [0.2, 0.25) is 0 Å². The Hall–Kier alpha value is -1.30. The van der Waals surface area contributed by atoms with Crippen molar-refractivity contribution in [1.29, 1.82) is 0 Å². The van der Waals surface area contributed by atoms with Gasteiger partial charge in [0.05, 0.1) is 20.3 Å². The summed E-state index contributed by atoms with van der Waals surface area (Å²) in [5, 5.41) is 13.2. The molecule has 0 atom stereocenters. The van der Waals surface area contributed by atoms with Crippen LogP contribution in [0.4, 0.5) is 0 Å². The summed E-state index contributed by atoms with van der Waals surface area (Å²) in [6.45, 7) is 3.59. The van der Waals surface area contributed by atoms with Crippen LogP contribution in [0.15, 0.2) is 18.2 Å². The third-order valence-corrected chi connectivity index (χ3v) is 2.94. The number of phenols is 1. The first-order valence-electron chi connectivity index (χ1n) is 6.91. The summed E-state index contributed by atoms with van der Waals surface area (Å²) >= 11 is 0. The number of aromatic hydroxyl groups is 1. The Balaban J connectivity index is 2.09. The lowest BCUT2D eigenvalue weighted by molar-refractivity contribution is 0.0688. The summed E-state index contributed by atoms with van der Waals surface area (Å²) in [4.78, 5) is 0. The van der Waals surface area contributed by atoms with Gasteiger partial charge < -0.3 is 24.6 Å². The third kappa shape index (κ3) is 6.23. The zero-order valence-corrected chi connectivity index (χ0v) is 12.4. The fraction of sp³-hybridized carbons (Fsp3) is 0.600. The number of methoxy groups -OCH3 is 2. The summed E-state index contributed by atoms with van der Waals surface area (Å²) in [6.07, 6.45) is 2.05. The Morgan fingerprint density at radius 2 is 1.95 bits per heavy atom. The van der Waals surface area contributed by atoms with Crippen LogP contribution in [0.2, 0.25) is 0 Å². The minimum absolute atomic E-state index is 0.213. The number of nitrogens with one attached hydrogen (secondary N) is 1. The molecule has 20 heavy (non-hydrogen) atoms. The molecule has 1 rings (SSSR count). The first-order chi connectivity index (χ1) is 9.79. The highest BCUT2D eigenvalue weighted by Crippen LogP contribution is 2.28. The van der Waals surface area contributed by atoms with E-state index in [1.165, 1.54) is 0 Å². The van der Waals surface area contributed by atoms with Crippen molar-refractivity contribution in [3.8, 4) is 11.5 Å². The Kier molecular flexibility index (Phi) is 8.78. The number of rotatable bonds is 11. The monoisotopic (exact) mass is 283 g/mol. The van der Waals surface area contributed by atoms with E-state index in [-0.39, 0.29) is 5.75 Å². The van der Waals surface area contributed by atoms with Crippen molar-refractivity contribution >= 4 is 0 Å². The maximum Gasteiger partial charge on any atom is 0.162 e. The molecule has 2 N–H and O–H groups in total. The van der Waals surface area contributed by atoms with Crippen molar-refractivity contribution in [2.24, 2.45) is 0 Å². The lowest BCUT2D eigenvalue weighted by atomic mass is 10.2. The number of hydrogen-bond donors (Lipinski definition) is 2. The van der Waals surface area contributed by atoms with Crippen molar-refractivity contribution < 1.29 is 19.3 Å². The fourth-order valence-corrected chi connectivity index (χ4v) is 1.80. The van der Waals surface area contributed by atoms with Gasteiger partial charge in [-0.3, -0.25) is 0 Å². The van der Waals surface area contributed by atoms with Gasteiger partial charge in [-0.1, -0.05) is 12.1 Å². The minimum Gasteiger partial charge on any atom is -0.504 e. The number of para-hydroxylation sites is 1. The number of hydrogen-bond acceptors (Lipinski definition) is 5. The molecule has 0 aromatic heterocycles. The highest BCUT2D eigenvalue weighted by atomic mass is 16.5. The van der Waals surface area contributed by atoms with Gasteiger partial charge in [-0.25, -0.2) is 0 Å². The standard InChI is InChI=1S/C15H25NO4/c1-18-10-11-20-9-4-3-8-16-12-13-6-5-7-14(19-2)15(13)17/h5-7,16-17H,3-4,8-12H2,1-2H3. The Labute approximate surface area is 120 Å². The van der Waals surface area contributed by atoms with Crippen molar-refractivity contribution in [3.63, 3.8) is 0 Å². The lowest BCUT2D eigenvalue weighted by Gasteiger charge is -2.10. The summed E-state index contributed by atoms with van der Waals surface area (Å²) in [6, 6.07) is 5.51. The summed E-state index contributed by atoms with van der Waals surface area (Å²) in [5.41, 5.74) is 0.848. The molecule has 1 aromatic rings. The van der Waals surface area contributed by atoms with E-state index in [2.05, 4.69) is 5.32 Å². The van der Waals surface area contributed by atoms with Crippen LogP contribution in [0.25, 0.3) is 0 Å². The molecule has 114 valence electrons. The summed E-state index contributed by atoms with van der Waals surface area (Å²) in [5.74, 6) is 0.723. The number of ether oxygens (including phenoxy) is 3. The van der Waals surface area contributed by atoms with Gasteiger partial charge in [-0.05, 0) is 25.5 Å². The van der Waals surface area contributed by atoms with E-state index in [4.69, 9.17) is 14.2 Å². The molecule has 5 heteroatoms. The van der Waals surface area contributed by atoms with E-state index in [9.17, 15) is 5.11 Å². The molecule has 0 fully saturated rings. The highest BCUT2D eigenvalue weighted by Gasteiger charge is 2.06. The molecule has 1 aromatic carbocycles. The molecule has 0 aliphatic heterocycles. The molecule has 5 nitrogen and oxygen atoms in total. The molecular weight excluding hydrogens is 258 g/mol. The minimum atomic E-state index is 0.213. The topological polar surface area (TPSA) is 60.0 Å². The number of phenolic OH excluding ortho intramolecular Hbond substituents is 1. The van der Waals surface area contributed by atoms with Crippen LogP contribution in [-0.2, 0) is 16.0 Å². The summed E-state index contributed by atoms with van der Waals surface area (Å²) in [7, 11) is 3.22. The molecule has 0 bridgehead atoms. The van der Waals surface area contributed by atoms with Crippen LogP contribution in [0.3, 0.4) is 0 Å². The van der Waals surface area contributed by atoms with Gasteiger partial charge in [0, 0.05) is 25.8 Å². The van der Waals surface area contributed by atoms with E-state index in [0.29, 0.717) is 25.5 Å². The van der Waals surface area contributed by atoms with Crippen molar-refractivity contribution in [3.05, 3.63) is 23.8 Å². The van der Waals surface area contributed by atoms with E-state index >= 15 is 0 Å². The zero-order chi connectivity index (χ0) is 14.6. The maximum atomic E-state index is 9.92. The van der Waals surface area contributed by atoms with Gasteiger partial charge in [0.15, 0.2) is 11.5 Å². The van der Waals surface area contributed by atoms with Gasteiger partial charge in [0.25, 0.3) is 0 Å². The molecule has 0 amide bonds. The predicted octanol–water partition coefficient (Wildman–Crippen LogP) is 1.93. The highest BCUT2D eigenvalue weighted by molar-refractivity contribution is 5.45. The van der Waals surface area contributed by atoms with Crippen LogP contribution >= 0.6 is 0 Å². The SMILES string of the molecule is COCCOCCCCNCc1cccc(OC)c1O. The van der Waals surface area contributed by atoms with Crippen LogP contribution in [0.1, 0.15) is 18.4 Å². The van der Waals surface area contributed by atoms with Gasteiger partial charge >= 0.3 is 0 Å². The smallest absolute Gasteiger partial charge is 0.162 e. The van der Waals surface area contributed by atoms with Crippen molar-refractivity contribution in [2.75, 3.05) is 40.6 Å². The first kappa shape index (κ1) is 16.8. The second kappa shape index (κ2) is 10.5. The predicted molar refractivity (Wildman–Crippen MR) is 78.3 cm³/mol. The first-order valence-corrected chi connectivity index (χ1v) is 6.91. The van der Waals surface area contributed by atoms with Crippen LogP contribution in [0, 0.1) is 0 Å². The molecule has 0 saturated carbocycles. The van der Waals surface area contributed by atoms with Gasteiger partial charge in [-0.15, -0.1) is 0 Å². The number of benzene rings is 1. The molecule has 0 saturated heterocycles. The van der Waals surface area contributed by atoms with Crippen LogP contribution in [0.5, 0.6) is 11.5 Å². The van der Waals surface area contributed by atoms with Crippen LogP contribution in [-0.4, -0.2) is 45.7 Å². The lowest BCUT2D eigenvalue weighted by Crippen LogP contribution is -2.15. The van der Waals surface area contributed by atoms with Gasteiger partial charge in [-0.2, -0.15) is 0 Å². The molecule has 0 heterocycles. The van der Waals surface area contributed by atoms with Crippen molar-refractivity contribution in [1.82, 2.24) is 5.32 Å². The molecule has 0 aliphatic rings. The number of unbranched alkanes of at least 4 members (excludes halogenated alkanes) is 1. The summed E-state index contributed by atoms with van der Waals surface area (Å²) < 4.78 is 15.3. The maximum absolute atomic E-state index is 9.92. The normalized spacial score (nSPS) is 10.7. The Bertz CT molecular complexity index is 371. The average molecular weight is 283 g/mol. The average Bonchev–Trinajstić information content (AvgIpc) is 2.47. The van der Waals surface area contributed by atoms with Crippen LogP contribution < -0.4 is 10.1 Å². The molecular formula is C15H25NO4. The van der Waals surface area contributed by atoms with E-state index < -0.39 is 0 Å². The second-order valence-electron chi connectivity index (χ2n) is 4.46. The van der Waals surface area contributed by atoms with Crippen molar-refractivity contribution in [2.45, 2.75) is 19.4 Å². The Morgan fingerprint density at radius 1 is 1.10 bits per heavy atom. The second-order valence-corrected chi connectivity index (χ2v) is 4.46. The van der Waals surface area contributed by atoms with E-state index in [1.54, 1.807) is 20.3 Å². The quantitative estimate of drug-likeness (QED) is 0.608. The zero-order valence-electron chi connectivity index (χ0n) is 12.4. The fourth-order valence-electron chi connectivity index (χ4n) is 1.80. The molecule has 0 spiro atoms. The third-order valence-electron chi connectivity index (χ3n) is 2.94. The molecule has 0 aliphatic carbocycles. The van der Waals surface area contributed by atoms with E-state index in [1.807, 2.05) is 12.1 Å². The van der Waals surface area contributed by atoms with E-state index in [0.717, 1.165) is 31.6 Å². The molecule has 0 unspecified atom stereocenters.